The molecule has 0 aliphatic heterocycles. The zero-order chi connectivity index (χ0) is 12.3. The third kappa shape index (κ3) is 2.28. The summed E-state index contributed by atoms with van der Waals surface area (Å²) in [4.78, 5) is 12.1. The van der Waals surface area contributed by atoms with Gasteiger partial charge in [0.15, 0.2) is 0 Å². The molecule has 2 rings (SSSR count). The topological polar surface area (TPSA) is 38.3 Å². The van der Waals surface area contributed by atoms with Crippen LogP contribution in [0.2, 0.25) is 0 Å². The minimum Gasteiger partial charge on any atom is -0.497 e. The van der Waals surface area contributed by atoms with Gasteiger partial charge in [0.1, 0.15) is 5.75 Å². The molecule has 0 atom stereocenters. The van der Waals surface area contributed by atoms with Crippen molar-refractivity contribution in [1.82, 2.24) is 5.32 Å². The van der Waals surface area contributed by atoms with E-state index in [2.05, 4.69) is 12.2 Å². The first-order chi connectivity index (χ1) is 8.23. The Hall–Kier alpha value is -1.51. The molecule has 0 radical (unpaired) electrons. The number of carbonyl (C=O) groups is 1. The molecule has 1 aliphatic carbocycles. The van der Waals surface area contributed by atoms with Gasteiger partial charge in [-0.2, -0.15) is 0 Å². The lowest BCUT2D eigenvalue weighted by atomic mass is 9.95. The number of carbonyl (C=O) groups excluding carboxylic acids is 1. The predicted molar refractivity (Wildman–Crippen MR) is 67.2 cm³/mol. The van der Waals surface area contributed by atoms with Crippen LogP contribution in [0.25, 0.3) is 0 Å². The molecule has 3 heteroatoms. The van der Waals surface area contributed by atoms with E-state index in [1.54, 1.807) is 7.11 Å². The average Bonchev–Trinajstić information content (AvgIpc) is 3.17. The molecule has 0 saturated heterocycles. The highest BCUT2D eigenvalue weighted by atomic mass is 16.5. The van der Waals surface area contributed by atoms with E-state index in [1.165, 1.54) is 0 Å². The molecule has 3 nitrogen and oxygen atoms in total. The monoisotopic (exact) mass is 233 g/mol. The number of methoxy groups -OCH3 is 1. The molecule has 92 valence electrons. The van der Waals surface area contributed by atoms with Gasteiger partial charge in [-0.3, -0.25) is 4.79 Å². The van der Waals surface area contributed by atoms with E-state index < -0.39 is 0 Å². The van der Waals surface area contributed by atoms with Crippen molar-refractivity contribution in [2.24, 2.45) is 0 Å². The van der Waals surface area contributed by atoms with Crippen LogP contribution in [0.15, 0.2) is 24.3 Å². The van der Waals surface area contributed by atoms with E-state index in [-0.39, 0.29) is 11.3 Å². The normalized spacial score (nSPS) is 16.4. The molecular formula is C14H19NO2. The summed E-state index contributed by atoms with van der Waals surface area (Å²) in [6.07, 6.45) is 2.88. The molecule has 1 aliphatic rings. The number of hydrogen-bond donors (Lipinski definition) is 1. The van der Waals surface area contributed by atoms with Gasteiger partial charge < -0.3 is 10.1 Å². The van der Waals surface area contributed by atoms with Crippen LogP contribution in [0.1, 0.15) is 31.7 Å². The lowest BCUT2D eigenvalue weighted by Crippen LogP contribution is -2.35. The third-order valence-electron chi connectivity index (χ3n) is 3.36. The van der Waals surface area contributed by atoms with Crippen molar-refractivity contribution >= 4 is 5.91 Å². The molecule has 1 fully saturated rings. The molecule has 0 aromatic heterocycles. The zero-order valence-corrected chi connectivity index (χ0v) is 10.5. The highest BCUT2D eigenvalue weighted by Gasteiger charge is 2.50. The fourth-order valence-electron chi connectivity index (χ4n) is 2.09. The van der Waals surface area contributed by atoms with Gasteiger partial charge in [-0.1, -0.05) is 19.1 Å². The largest absolute Gasteiger partial charge is 0.497 e. The van der Waals surface area contributed by atoms with E-state index in [9.17, 15) is 4.79 Å². The number of benzene rings is 1. The lowest BCUT2D eigenvalue weighted by molar-refractivity contribution is -0.123. The summed E-state index contributed by atoms with van der Waals surface area (Å²) in [5.41, 5.74) is 0.841. The SMILES string of the molecule is CCCNC(=O)C1(c2ccc(OC)cc2)CC1. The van der Waals surface area contributed by atoms with E-state index in [1.807, 2.05) is 24.3 Å². The Morgan fingerprint density at radius 2 is 2.00 bits per heavy atom. The molecule has 1 saturated carbocycles. The van der Waals surface area contributed by atoms with Crippen molar-refractivity contribution in [2.45, 2.75) is 31.6 Å². The fourth-order valence-corrected chi connectivity index (χ4v) is 2.09. The second-order valence-corrected chi connectivity index (χ2v) is 4.57. The van der Waals surface area contributed by atoms with Gasteiger partial charge in [-0.15, -0.1) is 0 Å². The molecule has 0 spiro atoms. The maximum atomic E-state index is 12.1. The van der Waals surface area contributed by atoms with Gasteiger partial charge in [0.25, 0.3) is 0 Å². The van der Waals surface area contributed by atoms with Crippen LogP contribution < -0.4 is 10.1 Å². The van der Waals surface area contributed by atoms with Gasteiger partial charge in [0, 0.05) is 6.54 Å². The van der Waals surface area contributed by atoms with E-state index in [0.29, 0.717) is 0 Å². The number of ether oxygens (including phenoxy) is 1. The van der Waals surface area contributed by atoms with Gasteiger partial charge in [0.2, 0.25) is 5.91 Å². The fraction of sp³-hybridized carbons (Fsp3) is 0.500. The first-order valence-electron chi connectivity index (χ1n) is 6.16. The summed E-state index contributed by atoms with van der Waals surface area (Å²) < 4.78 is 5.13. The highest BCUT2D eigenvalue weighted by Crippen LogP contribution is 2.48. The second-order valence-electron chi connectivity index (χ2n) is 4.57. The van der Waals surface area contributed by atoms with Gasteiger partial charge in [0.05, 0.1) is 12.5 Å². The smallest absolute Gasteiger partial charge is 0.230 e. The Kier molecular flexibility index (Phi) is 3.36. The Balaban J connectivity index is 2.11. The van der Waals surface area contributed by atoms with Crippen LogP contribution in [0.4, 0.5) is 0 Å². The lowest BCUT2D eigenvalue weighted by Gasteiger charge is -2.15. The third-order valence-corrected chi connectivity index (χ3v) is 3.36. The second kappa shape index (κ2) is 4.78. The van der Waals surface area contributed by atoms with Gasteiger partial charge in [-0.05, 0) is 37.0 Å². The summed E-state index contributed by atoms with van der Waals surface area (Å²) in [6.45, 7) is 2.82. The van der Waals surface area contributed by atoms with E-state index >= 15 is 0 Å². The van der Waals surface area contributed by atoms with Crippen molar-refractivity contribution in [2.75, 3.05) is 13.7 Å². The maximum absolute atomic E-state index is 12.1. The standard InChI is InChI=1S/C14H19NO2/c1-3-10-15-13(16)14(8-9-14)11-4-6-12(17-2)7-5-11/h4-7H,3,8-10H2,1-2H3,(H,15,16). The maximum Gasteiger partial charge on any atom is 0.230 e. The van der Waals surface area contributed by atoms with Crippen molar-refractivity contribution < 1.29 is 9.53 Å². The highest BCUT2D eigenvalue weighted by molar-refractivity contribution is 5.91. The minimum atomic E-state index is -0.262. The van der Waals surface area contributed by atoms with Crippen molar-refractivity contribution in [3.05, 3.63) is 29.8 Å². The molecule has 1 aromatic rings. The van der Waals surface area contributed by atoms with Crippen LogP contribution in [0.5, 0.6) is 5.75 Å². The van der Waals surface area contributed by atoms with E-state index in [0.717, 1.165) is 37.1 Å². The first kappa shape index (κ1) is 12.0. The van der Waals surface area contributed by atoms with Crippen LogP contribution in [0.3, 0.4) is 0 Å². The van der Waals surface area contributed by atoms with Crippen molar-refractivity contribution in [3.8, 4) is 5.75 Å². The van der Waals surface area contributed by atoms with Crippen LogP contribution in [0, 0.1) is 0 Å². The van der Waals surface area contributed by atoms with Gasteiger partial charge >= 0.3 is 0 Å². The summed E-state index contributed by atoms with van der Waals surface area (Å²) in [5.74, 6) is 1.00. The quantitative estimate of drug-likeness (QED) is 0.847. The molecule has 1 aromatic carbocycles. The summed E-state index contributed by atoms with van der Waals surface area (Å²) in [6, 6.07) is 7.83. The molecule has 0 bridgehead atoms. The summed E-state index contributed by atoms with van der Waals surface area (Å²) >= 11 is 0. The number of hydrogen-bond acceptors (Lipinski definition) is 2. The number of rotatable bonds is 5. The molecule has 0 heterocycles. The predicted octanol–water partition coefficient (Wildman–Crippen LogP) is 2.25. The molecular weight excluding hydrogens is 214 g/mol. The number of nitrogens with one attached hydrogen (secondary N) is 1. The van der Waals surface area contributed by atoms with Crippen molar-refractivity contribution in [1.29, 1.82) is 0 Å². The summed E-state index contributed by atoms with van der Waals surface area (Å²) in [5, 5.41) is 2.99. The van der Waals surface area contributed by atoms with Crippen LogP contribution in [-0.2, 0) is 10.2 Å². The molecule has 1 amide bonds. The Labute approximate surface area is 102 Å². The molecule has 17 heavy (non-hydrogen) atoms. The van der Waals surface area contributed by atoms with Crippen LogP contribution >= 0.6 is 0 Å². The van der Waals surface area contributed by atoms with Gasteiger partial charge in [-0.25, -0.2) is 0 Å². The first-order valence-corrected chi connectivity index (χ1v) is 6.16. The molecule has 1 N–H and O–H groups in total. The average molecular weight is 233 g/mol. The van der Waals surface area contributed by atoms with Crippen LogP contribution in [-0.4, -0.2) is 19.6 Å². The Morgan fingerprint density at radius 3 is 2.47 bits per heavy atom. The number of amides is 1. The Morgan fingerprint density at radius 1 is 1.35 bits per heavy atom. The zero-order valence-electron chi connectivity index (χ0n) is 10.5. The van der Waals surface area contributed by atoms with Crippen molar-refractivity contribution in [3.63, 3.8) is 0 Å². The summed E-state index contributed by atoms with van der Waals surface area (Å²) in [7, 11) is 1.65. The molecule has 0 unspecified atom stereocenters. The minimum absolute atomic E-state index is 0.171. The van der Waals surface area contributed by atoms with E-state index in [4.69, 9.17) is 4.74 Å². The Bertz CT molecular complexity index is 393.